The fourth-order valence-electron chi connectivity index (χ4n) is 1.42. The summed E-state index contributed by atoms with van der Waals surface area (Å²) in [6.45, 7) is -0.780. The number of alkyl halides is 3. The predicted octanol–water partition coefficient (Wildman–Crippen LogP) is 3.99. The van der Waals surface area contributed by atoms with Crippen molar-refractivity contribution in [2.75, 3.05) is 18.8 Å². The van der Waals surface area contributed by atoms with Gasteiger partial charge in [-0.05, 0) is 24.0 Å². The average Bonchev–Trinajstić information content (AvgIpc) is 2.33. The second-order valence-corrected chi connectivity index (χ2v) is 4.54. The number of rotatable bonds is 7. The monoisotopic (exact) mass is 280 g/mol. The van der Waals surface area contributed by atoms with Gasteiger partial charge in [0.1, 0.15) is 0 Å². The largest absolute Gasteiger partial charge is 0.524 e. The van der Waals surface area contributed by atoms with Gasteiger partial charge in [0.15, 0.2) is 6.79 Å². The molecule has 0 N–H and O–H groups in total. The molecule has 0 fully saturated rings. The van der Waals surface area contributed by atoms with Crippen molar-refractivity contribution in [2.24, 2.45) is 0 Å². The third-order valence-electron chi connectivity index (χ3n) is 2.25. The highest BCUT2D eigenvalue weighted by Crippen LogP contribution is 2.24. The molecule has 0 aliphatic carbocycles. The lowest BCUT2D eigenvalue weighted by Gasteiger charge is -2.18. The summed E-state index contributed by atoms with van der Waals surface area (Å²) < 4.78 is 44.3. The van der Waals surface area contributed by atoms with E-state index in [1.165, 1.54) is 0 Å². The van der Waals surface area contributed by atoms with Gasteiger partial charge in [0.2, 0.25) is 0 Å². The summed E-state index contributed by atoms with van der Waals surface area (Å²) in [5.74, 6) is 0.811. The van der Waals surface area contributed by atoms with Gasteiger partial charge in [-0.15, -0.1) is 13.2 Å². The molecule has 0 radical (unpaired) electrons. The first-order valence-corrected chi connectivity index (χ1v) is 6.78. The Morgan fingerprint density at radius 1 is 1.22 bits per heavy atom. The zero-order chi connectivity index (χ0) is 13.4. The van der Waals surface area contributed by atoms with Gasteiger partial charge in [0.05, 0.1) is 6.10 Å². The first-order chi connectivity index (χ1) is 8.53. The average molecular weight is 280 g/mol. The molecule has 0 bridgehead atoms. The van der Waals surface area contributed by atoms with Gasteiger partial charge in [-0.1, -0.05) is 30.3 Å². The smallest absolute Gasteiger partial charge is 0.347 e. The van der Waals surface area contributed by atoms with E-state index in [9.17, 15) is 13.2 Å². The Bertz CT molecular complexity index is 330. The van der Waals surface area contributed by atoms with Crippen LogP contribution < -0.4 is 0 Å². The summed E-state index contributed by atoms with van der Waals surface area (Å²) in [5, 5.41) is 0. The SMILES string of the molecule is CSCCC(OCOC(F)(F)F)c1ccccc1. The highest BCUT2D eigenvalue weighted by molar-refractivity contribution is 7.98. The van der Waals surface area contributed by atoms with E-state index in [0.717, 1.165) is 11.3 Å². The van der Waals surface area contributed by atoms with Gasteiger partial charge < -0.3 is 4.74 Å². The summed E-state index contributed by atoms with van der Waals surface area (Å²) in [6.07, 6.45) is -2.44. The van der Waals surface area contributed by atoms with Crippen LogP contribution in [0.2, 0.25) is 0 Å². The number of hydrogen-bond acceptors (Lipinski definition) is 3. The van der Waals surface area contributed by atoms with Gasteiger partial charge in [0, 0.05) is 0 Å². The van der Waals surface area contributed by atoms with Gasteiger partial charge >= 0.3 is 6.36 Å². The molecular formula is C12H15F3O2S. The minimum absolute atomic E-state index is 0.374. The lowest BCUT2D eigenvalue weighted by atomic mass is 10.1. The Morgan fingerprint density at radius 2 is 1.89 bits per heavy atom. The van der Waals surface area contributed by atoms with Crippen LogP contribution in [0.25, 0.3) is 0 Å². The predicted molar refractivity (Wildman–Crippen MR) is 65.3 cm³/mol. The summed E-state index contributed by atoms with van der Waals surface area (Å²) in [7, 11) is 0. The van der Waals surface area contributed by atoms with E-state index < -0.39 is 13.2 Å². The third kappa shape index (κ3) is 6.28. The van der Waals surface area contributed by atoms with Crippen LogP contribution in [0.5, 0.6) is 0 Å². The molecule has 102 valence electrons. The maximum Gasteiger partial charge on any atom is 0.524 e. The van der Waals surface area contributed by atoms with Crippen LogP contribution in [-0.2, 0) is 9.47 Å². The van der Waals surface area contributed by atoms with Crippen molar-refractivity contribution in [3.8, 4) is 0 Å². The van der Waals surface area contributed by atoms with Crippen molar-refractivity contribution in [1.82, 2.24) is 0 Å². The molecule has 0 spiro atoms. The molecule has 0 aliphatic heterocycles. The van der Waals surface area contributed by atoms with Crippen molar-refractivity contribution in [3.63, 3.8) is 0 Å². The molecule has 1 aromatic rings. The van der Waals surface area contributed by atoms with Crippen molar-refractivity contribution >= 4 is 11.8 Å². The summed E-state index contributed by atoms with van der Waals surface area (Å²) in [6, 6.07) is 9.17. The molecular weight excluding hydrogens is 265 g/mol. The number of halogens is 3. The lowest BCUT2D eigenvalue weighted by molar-refractivity contribution is -0.353. The molecule has 1 unspecified atom stereocenters. The zero-order valence-electron chi connectivity index (χ0n) is 9.94. The van der Waals surface area contributed by atoms with Crippen molar-refractivity contribution in [3.05, 3.63) is 35.9 Å². The molecule has 0 saturated carbocycles. The third-order valence-corrected chi connectivity index (χ3v) is 2.89. The van der Waals surface area contributed by atoms with Crippen LogP contribution in [0.3, 0.4) is 0 Å². The summed E-state index contributed by atoms with van der Waals surface area (Å²) in [5.41, 5.74) is 0.859. The van der Waals surface area contributed by atoms with E-state index in [-0.39, 0.29) is 6.10 Å². The standard InChI is InChI=1S/C12H15F3O2S/c1-18-8-7-11(10-5-3-2-4-6-10)16-9-17-12(13,14)15/h2-6,11H,7-9H2,1H3. The van der Waals surface area contributed by atoms with Crippen molar-refractivity contribution in [2.45, 2.75) is 18.9 Å². The van der Waals surface area contributed by atoms with Gasteiger partial charge in [-0.2, -0.15) is 11.8 Å². The minimum atomic E-state index is -4.65. The Kier molecular flexibility index (Phi) is 6.52. The molecule has 0 heterocycles. The van der Waals surface area contributed by atoms with Gasteiger partial charge in [0.25, 0.3) is 0 Å². The molecule has 0 aliphatic rings. The summed E-state index contributed by atoms with van der Waals surface area (Å²) >= 11 is 1.62. The topological polar surface area (TPSA) is 18.5 Å². The Hall–Kier alpha value is -0.720. The Balaban J connectivity index is 2.51. The van der Waals surface area contributed by atoms with E-state index in [4.69, 9.17) is 4.74 Å². The molecule has 0 amide bonds. The van der Waals surface area contributed by atoms with Crippen LogP contribution in [0, 0.1) is 0 Å². The van der Waals surface area contributed by atoms with Crippen LogP contribution in [0.15, 0.2) is 30.3 Å². The second-order valence-electron chi connectivity index (χ2n) is 3.56. The molecule has 0 saturated heterocycles. The first-order valence-electron chi connectivity index (χ1n) is 5.39. The van der Waals surface area contributed by atoms with Crippen molar-refractivity contribution < 1.29 is 22.6 Å². The molecule has 18 heavy (non-hydrogen) atoms. The summed E-state index contributed by atoms with van der Waals surface area (Å²) in [4.78, 5) is 0. The Labute approximate surface area is 108 Å². The van der Waals surface area contributed by atoms with E-state index in [2.05, 4.69) is 4.74 Å². The quantitative estimate of drug-likeness (QED) is 0.704. The van der Waals surface area contributed by atoms with Crippen LogP contribution in [0.4, 0.5) is 13.2 Å². The number of benzene rings is 1. The normalized spacial score (nSPS) is 13.6. The molecule has 1 rings (SSSR count). The van der Waals surface area contributed by atoms with E-state index >= 15 is 0 Å². The zero-order valence-corrected chi connectivity index (χ0v) is 10.8. The van der Waals surface area contributed by atoms with Crippen molar-refractivity contribution in [1.29, 1.82) is 0 Å². The molecule has 1 atom stereocenters. The molecule has 6 heteroatoms. The maximum absolute atomic E-state index is 11.9. The molecule has 0 aromatic heterocycles. The maximum atomic E-state index is 11.9. The number of ether oxygens (including phenoxy) is 2. The van der Waals surface area contributed by atoms with E-state index in [1.54, 1.807) is 11.8 Å². The van der Waals surface area contributed by atoms with Gasteiger partial charge in [-0.3, -0.25) is 4.74 Å². The van der Waals surface area contributed by atoms with E-state index in [0.29, 0.717) is 6.42 Å². The van der Waals surface area contributed by atoms with Crippen LogP contribution >= 0.6 is 11.8 Å². The van der Waals surface area contributed by atoms with Crippen LogP contribution in [-0.4, -0.2) is 25.2 Å². The van der Waals surface area contributed by atoms with E-state index in [1.807, 2.05) is 36.6 Å². The lowest BCUT2D eigenvalue weighted by Crippen LogP contribution is -2.18. The van der Waals surface area contributed by atoms with Gasteiger partial charge in [-0.25, -0.2) is 0 Å². The van der Waals surface area contributed by atoms with Crippen LogP contribution in [0.1, 0.15) is 18.1 Å². The molecule has 2 nitrogen and oxygen atoms in total. The number of thioether (sulfide) groups is 1. The Morgan fingerprint density at radius 3 is 2.44 bits per heavy atom. The molecule has 1 aromatic carbocycles. The fourth-order valence-corrected chi connectivity index (χ4v) is 1.87. The number of hydrogen-bond donors (Lipinski definition) is 0. The minimum Gasteiger partial charge on any atom is -0.347 e. The fraction of sp³-hybridized carbons (Fsp3) is 0.500. The first kappa shape index (κ1) is 15.3. The highest BCUT2D eigenvalue weighted by Gasteiger charge is 2.29. The highest BCUT2D eigenvalue weighted by atomic mass is 32.2. The second kappa shape index (κ2) is 7.66.